The fourth-order valence-electron chi connectivity index (χ4n) is 6.52. The van der Waals surface area contributed by atoms with E-state index in [1.165, 1.54) is 31.4 Å². The van der Waals surface area contributed by atoms with Crippen LogP contribution in [-0.4, -0.2) is 70.9 Å². The van der Waals surface area contributed by atoms with E-state index in [0.717, 1.165) is 68.3 Å². The van der Waals surface area contributed by atoms with Crippen molar-refractivity contribution in [1.29, 1.82) is 0 Å². The average molecular weight is 508 g/mol. The van der Waals surface area contributed by atoms with Crippen LogP contribution in [0, 0.1) is 11.7 Å². The van der Waals surface area contributed by atoms with E-state index in [0.29, 0.717) is 36.2 Å². The minimum Gasteiger partial charge on any atom is -0.477 e. The van der Waals surface area contributed by atoms with Crippen LogP contribution < -0.4 is 9.64 Å². The summed E-state index contributed by atoms with van der Waals surface area (Å²) in [5.41, 5.74) is 1.73. The number of hydrogen-bond acceptors (Lipinski definition) is 7. The van der Waals surface area contributed by atoms with Crippen LogP contribution in [0.4, 0.5) is 10.2 Å². The molecular formula is C29H38FN5O2. The molecule has 37 heavy (non-hydrogen) atoms. The fraction of sp³-hybridized carbons (Fsp3) is 0.586. The molecule has 0 radical (unpaired) electrons. The van der Waals surface area contributed by atoms with Gasteiger partial charge in [-0.15, -0.1) is 0 Å². The van der Waals surface area contributed by atoms with Gasteiger partial charge in [-0.3, -0.25) is 9.80 Å². The van der Waals surface area contributed by atoms with Gasteiger partial charge >= 0.3 is 0 Å². The third-order valence-electron chi connectivity index (χ3n) is 8.69. The Labute approximate surface area is 218 Å². The highest BCUT2D eigenvalue weighted by molar-refractivity contribution is 5.88. The summed E-state index contributed by atoms with van der Waals surface area (Å²) >= 11 is 0. The van der Waals surface area contributed by atoms with Gasteiger partial charge in [0.25, 0.3) is 0 Å². The number of pyridine rings is 1. The predicted octanol–water partition coefficient (Wildman–Crippen LogP) is 5.10. The predicted molar refractivity (Wildman–Crippen MR) is 142 cm³/mol. The molecule has 3 aliphatic heterocycles. The normalized spacial score (nSPS) is 27.4. The molecule has 0 amide bonds. The largest absolute Gasteiger partial charge is 0.477 e. The Morgan fingerprint density at radius 2 is 1.89 bits per heavy atom. The highest BCUT2D eigenvalue weighted by Crippen LogP contribution is 2.32. The molecule has 5 heterocycles. The number of nitrogens with zero attached hydrogens (tertiary/aromatic N) is 5. The number of anilines is 1. The Balaban J connectivity index is 1.02. The zero-order valence-corrected chi connectivity index (χ0v) is 22.0. The minimum atomic E-state index is -0.258. The van der Waals surface area contributed by atoms with Gasteiger partial charge in [0.15, 0.2) is 11.4 Å². The SMILES string of the molecule is CC1CCCC(C)N1Cc1cccc(OC[C@@H]2CC[C@@H]3CN(c4noc5ccc(F)cc45)CCN3C2)n1. The summed E-state index contributed by atoms with van der Waals surface area (Å²) < 4.78 is 25.5. The van der Waals surface area contributed by atoms with Crippen LogP contribution in [0.1, 0.15) is 51.6 Å². The minimum absolute atomic E-state index is 0.258. The Kier molecular flexibility index (Phi) is 7.04. The molecule has 6 rings (SSSR count). The van der Waals surface area contributed by atoms with Gasteiger partial charge in [-0.2, -0.15) is 0 Å². The first-order valence-corrected chi connectivity index (χ1v) is 13.9. The van der Waals surface area contributed by atoms with Crippen molar-refractivity contribution in [3.8, 4) is 5.88 Å². The van der Waals surface area contributed by atoms with Gasteiger partial charge in [-0.25, -0.2) is 9.37 Å². The molecular weight excluding hydrogens is 469 g/mol. The smallest absolute Gasteiger partial charge is 0.213 e. The van der Waals surface area contributed by atoms with E-state index in [1.54, 1.807) is 6.07 Å². The number of aromatic nitrogens is 2. The van der Waals surface area contributed by atoms with Crippen molar-refractivity contribution in [1.82, 2.24) is 19.9 Å². The Bertz CT molecular complexity index is 1210. The van der Waals surface area contributed by atoms with E-state index < -0.39 is 0 Å². The zero-order chi connectivity index (χ0) is 25.4. The summed E-state index contributed by atoms with van der Waals surface area (Å²) in [6.45, 7) is 10.0. The van der Waals surface area contributed by atoms with E-state index in [1.807, 2.05) is 6.07 Å². The molecule has 3 aliphatic rings. The van der Waals surface area contributed by atoms with Crippen LogP contribution in [-0.2, 0) is 6.54 Å². The van der Waals surface area contributed by atoms with Crippen LogP contribution in [0.15, 0.2) is 40.9 Å². The third kappa shape index (κ3) is 5.32. The molecule has 1 aromatic carbocycles. The fourth-order valence-corrected chi connectivity index (χ4v) is 6.52. The van der Waals surface area contributed by atoms with Crippen LogP contribution in [0.2, 0.25) is 0 Å². The van der Waals surface area contributed by atoms with E-state index in [4.69, 9.17) is 14.2 Å². The molecule has 4 atom stereocenters. The van der Waals surface area contributed by atoms with Gasteiger partial charge in [0.1, 0.15) is 5.82 Å². The summed E-state index contributed by atoms with van der Waals surface area (Å²) in [5.74, 6) is 1.75. The Hall–Kier alpha value is -2.71. The van der Waals surface area contributed by atoms with E-state index in [9.17, 15) is 4.39 Å². The molecule has 3 aromatic rings. The molecule has 0 N–H and O–H groups in total. The van der Waals surface area contributed by atoms with Crippen molar-refractivity contribution in [2.45, 2.75) is 70.6 Å². The quantitative estimate of drug-likeness (QED) is 0.460. The second-order valence-corrected chi connectivity index (χ2v) is 11.3. The van der Waals surface area contributed by atoms with Crippen LogP contribution in [0.3, 0.4) is 0 Å². The van der Waals surface area contributed by atoms with Crippen molar-refractivity contribution in [3.63, 3.8) is 0 Å². The molecule has 0 spiro atoms. The van der Waals surface area contributed by atoms with Crippen LogP contribution >= 0.6 is 0 Å². The first kappa shape index (κ1) is 24.6. The monoisotopic (exact) mass is 507 g/mol. The Morgan fingerprint density at radius 3 is 2.76 bits per heavy atom. The number of hydrogen-bond donors (Lipinski definition) is 0. The third-order valence-corrected chi connectivity index (χ3v) is 8.69. The Morgan fingerprint density at radius 1 is 1.03 bits per heavy atom. The second-order valence-electron chi connectivity index (χ2n) is 11.3. The molecule has 0 bridgehead atoms. The number of rotatable bonds is 6. The molecule has 0 aliphatic carbocycles. The zero-order valence-electron chi connectivity index (χ0n) is 22.0. The number of benzene rings is 1. The number of fused-ring (bicyclic) bond motifs is 2. The maximum absolute atomic E-state index is 13.8. The summed E-state index contributed by atoms with van der Waals surface area (Å²) in [6, 6.07) is 12.5. The van der Waals surface area contributed by atoms with Crippen LogP contribution in [0.5, 0.6) is 5.88 Å². The molecule has 3 fully saturated rings. The van der Waals surface area contributed by atoms with E-state index in [-0.39, 0.29) is 5.82 Å². The van der Waals surface area contributed by atoms with Crippen molar-refractivity contribution < 1.29 is 13.7 Å². The lowest BCUT2D eigenvalue weighted by Crippen LogP contribution is -2.57. The van der Waals surface area contributed by atoms with Gasteiger partial charge in [-0.05, 0) is 63.8 Å². The number of piperazine rings is 1. The topological polar surface area (TPSA) is 57.9 Å². The number of likely N-dealkylation sites (tertiary alicyclic amines) is 1. The highest BCUT2D eigenvalue weighted by atomic mass is 19.1. The lowest BCUT2D eigenvalue weighted by Gasteiger charge is -2.46. The van der Waals surface area contributed by atoms with Crippen LogP contribution in [0.25, 0.3) is 11.0 Å². The molecule has 198 valence electrons. The van der Waals surface area contributed by atoms with Gasteiger partial charge < -0.3 is 14.2 Å². The standard InChI is InChI=1S/C29H38FN5O2/c1-20-5-3-6-21(2)35(20)17-24-7-4-8-28(31-24)36-19-22-9-11-25-18-34(14-13-33(25)16-22)29-26-15-23(30)10-12-27(26)37-32-29/h4,7-8,10,12,15,20-22,25H,3,5-6,9,11,13-14,16-19H2,1-2H3/t20?,21?,22-,25-/m1/s1. The summed E-state index contributed by atoms with van der Waals surface area (Å²) in [5, 5.41) is 5.02. The first-order valence-electron chi connectivity index (χ1n) is 13.9. The molecule has 2 aromatic heterocycles. The number of piperidine rings is 2. The summed E-state index contributed by atoms with van der Waals surface area (Å²) in [4.78, 5) is 12.3. The summed E-state index contributed by atoms with van der Waals surface area (Å²) in [7, 11) is 0. The lowest BCUT2D eigenvalue weighted by molar-refractivity contribution is 0.0712. The molecule has 0 saturated carbocycles. The van der Waals surface area contributed by atoms with Crippen molar-refractivity contribution in [2.75, 3.05) is 37.7 Å². The molecule has 7 nitrogen and oxygen atoms in total. The van der Waals surface area contributed by atoms with Gasteiger partial charge in [-0.1, -0.05) is 17.6 Å². The van der Waals surface area contributed by atoms with Gasteiger partial charge in [0, 0.05) is 62.8 Å². The number of ether oxygens (including phenoxy) is 1. The average Bonchev–Trinajstić information content (AvgIpc) is 3.32. The molecule has 8 heteroatoms. The number of halogens is 1. The van der Waals surface area contributed by atoms with Crippen molar-refractivity contribution >= 4 is 16.8 Å². The van der Waals surface area contributed by atoms with Crippen molar-refractivity contribution in [2.24, 2.45) is 5.92 Å². The maximum Gasteiger partial charge on any atom is 0.213 e. The summed E-state index contributed by atoms with van der Waals surface area (Å²) in [6.07, 6.45) is 6.11. The second kappa shape index (κ2) is 10.6. The van der Waals surface area contributed by atoms with Gasteiger partial charge in [0.05, 0.1) is 17.7 Å². The first-order chi connectivity index (χ1) is 18.0. The highest BCUT2D eigenvalue weighted by Gasteiger charge is 2.34. The van der Waals surface area contributed by atoms with Crippen molar-refractivity contribution in [3.05, 3.63) is 47.9 Å². The lowest BCUT2D eigenvalue weighted by atomic mass is 9.91. The van der Waals surface area contributed by atoms with Gasteiger partial charge in [0.2, 0.25) is 5.88 Å². The molecule has 2 unspecified atom stereocenters. The molecule has 3 saturated heterocycles. The van der Waals surface area contributed by atoms with E-state index >= 15 is 0 Å². The van der Waals surface area contributed by atoms with E-state index in [2.05, 4.69) is 45.8 Å². The maximum atomic E-state index is 13.8.